The van der Waals surface area contributed by atoms with E-state index in [9.17, 15) is 0 Å². The average molecular weight is 231 g/mol. The highest BCUT2D eigenvalue weighted by atomic mass is 35.5. The van der Waals surface area contributed by atoms with Crippen LogP contribution >= 0.6 is 11.6 Å². The van der Waals surface area contributed by atoms with Gasteiger partial charge in [-0.25, -0.2) is 4.98 Å². The van der Waals surface area contributed by atoms with Gasteiger partial charge in [-0.05, 0) is 12.1 Å². The number of pyridine rings is 1. The van der Waals surface area contributed by atoms with Crippen LogP contribution in [0.1, 0.15) is 5.69 Å². The number of nitrogens with zero attached hydrogens (tertiary/aromatic N) is 2. The van der Waals surface area contributed by atoms with Crippen LogP contribution in [0.25, 0.3) is 0 Å². The Labute approximate surface area is 97.9 Å². The van der Waals surface area contributed by atoms with E-state index in [1.54, 1.807) is 12.1 Å². The van der Waals surface area contributed by atoms with Gasteiger partial charge in [-0.1, -0.05) is 29.8 Å². The Morgan fingerprint density at radius 1 is 1.12 bits per heavy atom. The van der Waals surface area contributed by atoms with Crippen LogP contribution in [0.5, 0.6) is 11.5 Å². The molecule has 0 aliphatic rings. The fourth-order valence-electron chi connectivity index (χ4n) is 1.21. The van der Waals surface area contributed by atoms with Crippen molar-refractivity contribution in [3.05, 3.63) is 53.3 Å². The molecule has 78 valence electrons. The van der Waals surface area contributed by atoms with E-state index in [1.807, 2.05) is 36.4 Å². The molecule has 0 radical (unpaired) electrons. The third-order valence-corrected chi connectivity index (χ3v) is 2.05. The number of rotatable bonds is 2. The number of hydrogen-bond donors (Lipinski definition) is 0. The lowest BCUT2D eigenvalue weighted by molar-refractivity contribution is 0.482. The molecule has 0 saturated carbocycles. The monoisotopic (exact) mass is 230 g/mol. The summed E-state index contributed by atoms with van der Waals surface area (Å²) in [7, 11) is 0. The van der Waals surface area contributed by atoms with Crippen LogP contribution in [0.15, 0.2) is 42.5 Å². The Morgan fingerprint density at radius 2 is 1.88 bits per heavy atom. The summed E-state index contributed by atoms with van der Waals surface area (Å²) >= 11 is 5.75. The number of halogens is 1. The number of hydrogen-bond acceptors (Lipinski definition) is 3. The molecule has 0 bridgehead atoms. The van der Waals surface area contributed by atoms with Crippen LogP contribution in [-0.2, 0) is 0 Å². The van der Waals surface area contributed by atoms with Gasteiger partial charge in [0.15, 0.2) is 0 Å². The fourth-order valence-corrected chi connectivity index (χ4v) is 1.41. The first-order chi connectivity index (χ1) is 7.78. The van der Waals surface area contributed by atoms with Gasteiger partial charge in [-0.3, -0.25) is 0 Å². The zero-order valence-electron chi connectivity index (χ0n) is 8.22. The lowest BCUT2D eigenvalue weighted by Crippen LogP contribution is -1.88. The van der Waals surface area contributed by atoms with Crippen molar-refractivity contribution < 1.29 is 4.74 Å². The number of benzene rings is 1. The van der Waals surface area contributed by atoms with Crippen molar-refractivity contribution in [2.75, 3.05) is 0 Å². The van der Waals surface area contributed by atoms with Crippen molar-refractivity contribution >= 4 is 11.6 Å². The van der Waals surface area contributed by atoms with Crippen molar-refractivity contribution in [1.29, 1.82) is 5.26 Å². The summed E-state index contributed by atoms with van der Waals surface area (Å²) in [6.45, 7) is 0. The molecule has 0 unspecified atom stereocenters. The maximum atomic E-state index is 8.73. The molecule has 2 rings (SSSR count). The highest BCUT2D eigenvalue weighted by Crippen LogP contribution is 2.23. The molecule has 3 nitrogen and oxygen atoms in total. The Morgan fingerprint density at radius 3 is 2.56 bits per heavy atom. The first-order valence-electron chi connectivity index (χ1n) is 4.58. The number of nitriles is 1. The third-order valence-electron chi connectivity index (χ3n) is 1.86. The molecule has 0 spiro atoms. The van der Waals surface area contributed by atoms with Crippen LogP contribution in [0, 0.1) is 11.3 Å². The fraction of sp³-hybridized carbons (Fsp3) is 0. The van der Waals surface area contributed by atoms with Crippen molar-refractivity contribution in [1.82, 2.24) is 4.98 Å². The molecule has 0 aliphatic carbocycles. The molecule has 0 aliphatic heterocycles. The minimum absolute atomic E-state index is 0.235. The molecule has 4 heteroatoms. The largest absolute Gasteiger partial charge is 0.457 e. The summed E-state index contributed by atoms with van der Waals surface area (Å²) in [5, 5.41) is 8.97. The van der Waals surface area contributed by atoms with Gasteiger partial charge >= 0.3 is 0 Å². The third kappa shape index (κ3) is 2.50. The first kappa shape index (κ1) is 10.5. The van der Waals surface area contributed by atoms with Crippen molar-refractivity contribution in [2.45, 2.75) is 0 Å². The smallest absolute Gasteiger partial charge is 0.145 e. The average Bonchev–Trinajstić information content (AvgIpc) is 2.29. The van der Waals surface area contributed by atoms with Crippen molar-refractivity contribution in [2.24, 2.45) is 0 Å². The van der Waals surface area contributed by atoms with E-state index in [-0.39, 0.29) is 10.8 Å². The predicted molar refractivity (Wildman–Crippen MR) is 60.5 cm³/mol. The summed E-state index contributed by atoms with van der Waals surface area (Å²) in [6, 6.07) is 14.3. The Kier molecular flexibility index (Phi) is 3.04. The minimum Gasteiger partial charge on any atom is -0.457 e. The van der Waals surface area contributed by atoms with Crippen LogP contribution in [0.3, 0.4) is 0 Å². The van der Waals surface area contributed by atoms with E-state index in [0.717, 1.165) is 0 Å². The molecular formula is C12H7ClN2O. The molecule has 0 N–H and O–H groups in total. The lowest BCUT2D eigenvalue weighted by Gasteiger charge is -2.05. The Balaban J connectivity index is 2.29. The van der Waals surface area contributed by atoms with Gasteiger partial charge in [0, 0.05) is 12.1 Å². The van der Waals surface area contributed by atoms with Gasteiger partial charge in [-0.2, -0.15) is 5.26 Å². The zero-order valence-corrected chi connectivity index (χ0v) is 8.98. The van der Waals surface area contributed by atoms with Gasteiger partial charge in [0.25, 0.3) is 0 Å². The Bertz CT molecular complexity index is 534. The number of para-hydroxylation sites is 1. The van der Waals surface area contributed by atoms with Gasteiger partial charge in [0.05, 0.1) is 0 Å². The maximum Gasteiger partial charge on any atom is 0.145 e. The van der Waals surface area contributed by atoms with E-state index in [0.29, 0.717) is 11.5 Å². The normalized spacial score (nSPS) is 9.50. The zero-order chi connectivity index (χ0) is 11.4. The molecule has 1 heterocycles. The van der Waals surface area contributed by atoms with E-state index >= 15 is 0 Å². The van der Waals surface area contributed by atoms with E-state index in [2.05, 4.69) is 4.98 Å². The van der Waals surface area contributed by atoms with E-state index < -0.39 is 0 Å². The predicted octanol–water partition coefficient (Wildman–Crippen LogP) is 3.40. The summed E-state index contributed by atoms with van der Waals surface area (Å²) in [5.41, 5.74) is 0.235. The lowest BCUT2D eigenvalue weighted by atomic mass is 10.3. The topological polar surface area (TPSA) is 45.9 Å². The summed E-state index contributed by atoms with van der Waals surface area (Å²) in [6.07, 6.45) is 0. The standard InChI is InChI=1S/C12H7ClN2O/c13-12-7-11(6-9(8-14)15-12)16-10-4-2-1-3-5-10/h1-7H. The molecule has 16 heavy (non-hydrogen) atoms. The van der Waals surface area contributed by atoms with Crippen LogP contribution < -0.4 is 4.74 Å². The van der Waals surface area contributed by atoms with Crippen LogP contribution in [0.2, 0.25) is 5.15 Å². The molecule has 0 fully saturated rings. The SMILES string of the molecule is N#Cc1cc(Oc2ccccc2)cc(Cl)n1. The van der Waals surface area contributed by atoms with Gasteiger partial charge in [-0.15, -0.1) is 0 Å². The maximum absolute atomic E-state index is 8.73. The molecule has 0 amide bonds. The molecule has 1 aromatic heterocycles. The van der Waals surface area contributed by atoms with Gasteiger partial charge in [0.1, 0.15) is 28.4 Å². The first-order valence-corrected chi connectivity index (χ1v) is 4.96. The van der Waals surface area contributed by atoms with Gasteiger partial charge in [0.2, 0.25) is 0 Å². The van der Waals surface area contributed by atoms with Crippen molar-refractivity contribution in [3.63, 3.8) is 0 Å². The minimum atomic E-state index is 0.235. The molecular weight excluding hydrogens is 224 g/mol. The highest BCUT2D eigenvalue weighted by Gasteiger charge is 2.02. The second kappa shape index (κ2) is 4.65. The molecule has 1 aromatic carbocycles. The number of ether oxygens (including phenoxy) is 1. The van der Waals surface area contributed by atoms with E-state index in [1.165, 1.54) is 0 Å². The van der Waals surface area contributed by atoms with Crippen LogP contribution in [-0.4, -0.2) is 4.98 Å². The Hall–Kier alpha value is -2.05. The van der Waals surface area contributed by atoms with E-state index in [4.69, 9.17) is 21.6 Å². The summed E-state index contributed by atoms with van der Waals surface area (Å²) in [5.74, 6) is 1.19. The highest BCUT2D eigenvalue weighted by molar-refractivity contribution is 6.29. The quantitative estimate of drug-likeness (QED) is 0.743. The summed E-state index contributed by atoms with van der Waals surface area (Å²) < 4.78 is 5.53. The summed E-state index contributed by atoms with van der Waals surface area (Å²) in [4.78, 5) is 3.82. The molecule has 0 saturated heterocycles. The molecule has 2 aromatic rings. The van der Waals surface area contributed by atoms with Crippen molar-refractivity contribution in [3.8, 4) is 17.6 Å². The van der Waals surface area contributed by atoms with Gasteiger partial charge < -0.3 is 4.74 Å². The van der Waals surface area contributed by atoms with Crippen LogP contribution in [0.4, 0.5) is 0 Å². The second-order valence-corrected chi connectivity index (χ2v) is 3.42. The number of aromatic nitrogens is 1. The second-order valence-electron chi connectivity index (χ2n) is 3.04. The molecule has 0 atom stereocenters.